The van der Waals surface area contributed by atoms with Gasteiger partial charge in [-0.15, -0.1) is 0 Å². The fourth-order valence-electron chi connectivity index (χ4n) is 5.76. The van der Waals surface area contributed by atoms with Crippen molar-refractivity contribution in [3.63, 3.8) is 0 Å². The van der Waals surface area contributed by atoms with Crippen LogP contribution in [-0.2, 0) is 27.3 Å². The molecule has 1 amide bonds. The zero-order valence-electron chi connectivity index (χ0n) is 27.3. The largest absolute Gasteiger partial charge is 0.416 e. The molecule has 4 rings (SSSR count). The molecule has 48 heavy (non-hydrogen) atoms. The van der Waals surface area contributed by atoms with Gasteiger partial charge in [-0.05, 0) is 79.8 Å². The molecule has 14 heteroatoms. The quantitative estimate of drug-likeness (QED) is 0.285. The summed E-state index contributed by atoms with van der Waals surface area (Å²) in [5.41, 5.74) is -3.79. The molecule has 2 heterocycles. The number of aryl methyl sites for hydroxylation is 1. The Labute approximate surface area is 274 Å². The summed E-state index contributed by atoms with van der Waals surface area (Å²) in [4.78, 5) is 21.8. The number of likely N-dealkylation sites (N-methyl/N-ethyl adjacent to an activating group) is 1. The lowest BCUT2D eigenvalue weighted by atomic mass is 9.81. The minimum Gasteiger partial charge on any atom is -0.394 e. The third-order valence-electron chi connectivity index (χ3n) is 8.52. The number of amides is 1. The summed E-state index contributed by atoms with van der Waals surface area (Å²) in [6, 6.07) is 6.46. The number of anilines is 2. The maximum absolute atomic E-state index is 14.2. The number of hydrogen-bond acceptors (Lipinski definition) is 6. The van der Waals surface area contributed by atoms with E-state index in [-0.39, 0.29) is 24.3 Å². The number of nitrogens with zero attached hydrogens (tertiary/aromatic N) is 3. The van der Waals surface area contributed by atoms with E-state index in [9.17, 15) is 40.6 Å². The number of nitrogens with one attached hydrogen (secondary N) is 1. The van der Waals surface area contributed by atoms with E-state index in [1.165, 1.54) is 45.3 Å². The van der Waals surface area contributed by atoms with E-state index in [2.05, 4.69) is 10.3 Å². The number of aliphatic hydroxyl groups excluding tert-OH is 1. The van der Waals surface area contributed by atoms with Crippen molar-refractivity contribution in [3.05, 3.63) is 76.7 Å². The number of rotatable bonds is 6. The third-order valence-corrected chi connectivity index (χ3v) is 8.52. The zero-order chi connectivity index (χ0) is 35.6. The fraction of sp³-hybridized carbons (Fsp3) is 0.471. The smallest absolute Gasteiger partial charge is 0.394 e. The molecule has 1 aromatic heterocycles. The van der Waals surface area contributed by atoms with Crippen molar-refractivity contribution < 1.29 is 45.4 Å². The van der Waals surface area contributed by atoms with Crippen molar-refractivity contribution in [2.24, 2.45) is 5.92 Å². The number of ether oxygens (including phenoxy) is 1. The van der Waals surface area contributed by atoms with Gasteiger partial charge in [0.15, 0.2) is 0 Å². The van der Waals surface area contributed by atoms with Gasteiger partial charge in [0, 0.05) is 32.2 Å². The van der Waals surface area contributed by atoms with Gasteiger partial charge in [-0.3, -0.25) is 4.79 Å². The standard InChI is InChI=1S/C34H39F7N4O3/c1-20-17-45(26(18-46)15-42-8-9-48-19-20)30-14-28(27-7-6-25(35)10-21(27)2)29(16-43-30)44(5)31(47)32(3,4)22-11-23(33(36,37)38)13-24(12-22)34(39,40)41/h6-7,10-14,16,20,26,42,46H,8-9,15,17-19H2,1-5H3/t20-,26-/m0/s1. The van der Waals surface area contributed by atoms with E-state index in [4.69, 9.17) is 4.74 Å². The summed E-state index contributed by atoms with van der Waals surface area (Å²) < 4.78 is 102. The van der Waals surface area contributed by atoms with Crippen molar-refractivity contribution >= 4 is 17.4 Å². The first-order valence-electron chi connectivity index (χ1n) is 15.3. The fourth-order valence-corrected chi connectivity index (χ4v) is 5.76. The van der Waals surface area contributed by atoms with E-state index >= 15 is 0 Å². The van der Waals surface area contributed by atoms with Crippen LogP contribution in [0.5, 0.6) is 0 Å². The summed E-state index contributed by atoms with van der Waals surface area (Å²) in [7, 11) is 1.35. The molecule has 7 nitrogen and oxygen atoms in total. The molecule has 1 fully saturated rings. The molecule has 2 aromatic carbocycles. The highest BCUT2D eigenvalue weighted by Gasteiger charge is 2.41. The number of carbonyl (C=O) groups excluding carboxylic acids is 1. The summed E-state index contributed by atoms with van der Waals surface area (Å²) in [6.45, 7) is 8.33. The SMILES string of the molecule is Cc1cc(F)ccc1-c1cc(N2C[C@H](C)COCCNC[C@H]2CO)ncc1N(C)C(=O)C(C)(C)c1cc(C(F)(F)F)cc(C(F)(F)F)c1. The average molecular weight is 685 g/mol. The van der Waals surface area contributed by atoms with Crippen LogP contribution in [0.3, 0.4) is 0 Å². The zero-order valence-corrected chi connectivity index (χ0v) is 27.3. The van der Waals surface area contributed by atoms with Crippen LogP contribution in [-0.4, -0.2) is 68.5 Å². The van der Waals surface area contributed by atoms with Crippen molar-refractivity contribution in [2.75, 3.05) is 56.3 Å². The van der Waals surface area contributed by atoms with E-state index in [1.54, 1.807) is 13.0 Å². The maximum atomic E-state index is 14.2. The van der Waals surface area contributed by atoms with Gasteiger partial charge < -0.3 is 25.0 Å². The first-order chi connectivity index (χ1) is 22.3. The normalized spacial score (nSPS) is 18.5. The summed E-state index contributed by atoms with van der Waals surface area (Å²) >= 11 is 0. The van der Waals surface area contributed by atoms with Gasteiger partial charge >= 0.3 is 12.4 Å². The molecule has 0 aliphatic carbocycles. The van der Waals surface area contributed by atoms with E-state index < -0.39 is 52.2 Å². The van der Waals surface area contributed by atoms with Gasteiger partial charge in [-0.1, -0.05) is 13.0 Å². The molecule has 0 saturated carbocycles. The lowest BCUT2D eigenvalue weighted by Crippen LogP contribution is -2.49. The number of aliphatic hydroxyl groups is 1. The number of halogens is 7. The Morgan fingerprint density at radius 2 is 1.65 bits per heavy atom. The first kappa shape index (κ1) is 37.1. The number of benzene rings is 2. The molecule has 0 bridgehead atoms. The van der Waals surface area contributed by atoms with Gasteiger partial charge in [0.05, 0.1) is 54.3 Å². The second kappa shape index (κ2) is 14.4. The second-order valence-corrected chi connectivity index (χ2v) is 12.7. The van der Waals surface area contributed by atoms with Crippen LogP contribution in [0.15, 0.2) is 48.7 Å². The highest BCUT2D eigenvalue weighted by atomic mass is 19.4. The molecule has 0 spiro atoms. The van der Waals surface area contributed by atoms with Crippen molar-refractivity contribution in [1.29, 1.82) is 0 Å². The predicted octanol–water partition coefficient (Wildman–Crippen LogP) is 6.60. The maximum Gasteiger partial charge on any atom is 0.416 e. The molecule has 1 aliphatic rings. The van der Waals surface area contributed by atoms with Gasteiger partial charge in [0.25, 0.3) is 0 Å². The monoisotopic (exact) mass is 684 g/mol. The Morgan fingerprint density at radius 3 is 2.23 bits per heavy atom. The molecule has 0 unspecified atom stereocenters. The minimum atomic E-state index is -5.09. The number of hydrogen-bond donors (Lipinski definition) is 2. The molecule has 2 N–H and O–H groups in total. The molecule has 1 saturated heterocycles. The van der Waals surface area contributed by atoms with E-state index in [0.29, 0.717) is 67.5 Å². The second-order valence-electron chi connectivity index (χ2n) is 12.7. The number of alkyl halides is 6. The van der Waals surface area contributed by atoms with Crippen LogP contribution in [0.25, 0.3) is 11.1 Å². The Balaban J connectivity index is 1.85. The van der Waals surface area contributed by atoms with Gasteiger partial charge in [0.1, 0.15) is 11.6 Å². The summed E-state index contributed by atoms with van der Waals surface area (Å²) in [6.07, 6.45) is -8.80. The topological polar surface area (TPSA) is 77.9 Å². The predicted molar refractivity (Wildman–Crippen MR) is 168 cm³/mol. The lowest BCUT2D eigenvalue weighted by Gasteiger charge is -2.36. The molecular weight excluding hydrogens is 645 g/mol. The van der Waals surface area contributed by atoms with E-state index in [1.807, 2.05) is 11.8 Å². The number of carbonyl (C=O) groups is 1. The van der Waals surface area contributed by atoms with Crippen LogP contribution in [0.4, 0.5) is 42.2 Å². The van der Waals surface area contributed by atoms with Crippen LogP contribution in [0.1, 0.15) is 43.0 Å². The Kier molecular flexibility index (Phi) is 11.1. The van der Waals surface area contributed by atoms with Gasteiger partial charge in [-0.25, -0.2) is 9.37 Å². The highest BCUT2D eigenvalue weighted by molar-refractivity contribution is 6.03. The summed E-state index contributed by atoms with van der Waals surface area (Å²) in [5.74, 6) is -0.848. The minimum absolute atomic E-state index is 0.0164. The van der Waals surface area contributed by atoms with Crippen LogP contribution in [0.2, 0.25) is 0 Å². The van der Waals surface area contributed by atoms with Crippen molar-refractivity contribution in [1.82, 2.24) is 10.3 Å². The first-order valence-corrected chi connectivity index (χ1v) is 15.3. The van der Waals surface area contributed by atoms with Crippen molar-refractivity contribution in [3.8, 4) is 11.1 Å². The highest BCUT2D eigenvalue weighted by Crippen LogP contribution is 2.41. The third kappa shape index (κ3) is 8.27. The average Bonchev–Trinajstić information content (AvgIpc) is 3.01. The Hall–Kier alpha value is -3.75. The molecule has 262 valence electrons. The van der Waals surface area contributed by atoms with Crippen LogP contribution in [0, 0.1) is 18.7 Å². The Morgan fingerprint density at radius 1 is 1.02 bits per heavy atom. The lowest BCUT2D eigenvalue weighted by molar-refractivity contribution is -0.143. The summed E-state index contributed by atoms with van der Waals surface area (Å²) in [5, 5.41) is 13.6. The molecular formula is C34H39F7N4O3. The Bertz CT molecular complexity index is 1580. The molecule has 1 aliphatic heterocycles. The van der Waals surface area contributed by atoms with Crippen LogP contribution >= 0.6 is 0 Å². The van der Waals surface area contributed by atoms with Gasteiger partial charge in [-0.2, -0.15) is 26.3 Å². The van der Waals surface area contributed by atoms with Crippen molar-refractivity contribution in [2.45, 2.75) is 51.5 Å². The molecule has 2 atom stereocenters. The number of aromatic nitrogens is 1. The van der Waals surface area contributed by atoms with Gasteiger partial charge in [0.2, 0.25) is 5.91 Å². The molecule has 3 aromatic rings. The van der Waals surface area contributed by atoms with E-state index in [0.717, 1.165) is 4.90 Å². The number of pyridine rings is 1. The molecule has 0 radical (unpaired) electrons. The van der Waals surface area contributed by atoms with Crippen LogP contribution < -0.4 is 15.1 Å².